The van der Waals surface area contributed by atoms with E-state index in [9.17, 15) is 0 Å². The van der Waals surface area contributed by atoms with Crippen LogP contribution in [0, 0.1) is 0 Å². The third-order valence-electron chi connectivity index (χ3n) is 6.07. The van der Waals surface area contributed by atoms with E-state index >= 15 is 0 Å². The zero-order valence-corrected chi connectivity index (χ0v) is 18.1. The smallest absolute Gasteiger partial charge is 0.0547 e. The maximum Gasteiger partial charge on any atom is 0.0547 e. The number of halogens is 1. The van der Waals surface area contributed by atoms with E-state index < -0.39 is 0 Å². The number of hydrogen-bond donors (Lipinski definition) is 0. The molecule has 6 aromatic rings. The summed E-state index contributed by atoms with van der Waals surface area (Å²) in [6.07, 6.45) is 0. The zero-order chi connectivity index (χ0) is 21.5. The van der Waals surface area contributed by atoms with Crippen molar-refractivity contribution in [2.75, 3.05) is 0 Å². The summed E-state index contributed by atoms with van der Waals surface area (Å²) in [4.78, 5) is 0. The number of rotatable bonds is 3. The van der Waals surface area contributed by atoms with Crippen molar-refractivity contribution in [1.29, 1.82) is 0 Å². The highest BCUT2D eigenvalue weighted by molar-refractivity contribution is 6.30. The van der Waals surface area contributed by atoms with Crippen LogP contribution in [-0.2, 0) is 0 Å². The Morgan fingerprint density at radius 1 is 0.500 bits per heavy atom. The lowest BCUT2D eigenvalue weighted by Gasteiger charge is -2.09. The van der Waals surface area contributed by atoms with Gasteiger partial charge in [-0.1, -0.05) is 96.5 Å². The molecular weight excluding hydrogens is 410 g/mol. The fourth-order valence-corrected chi connectivity index (χ4v) is 4.82. The molecule has 0 aliphatic heterocycles. The minimum atomic E-state index is 0.755. The molecule has 6 rings (SSSR count). The standard InChI is InChI=1S/C30H20ClN/c31-24-9-6-8-23(20-24)21-16-18-22(19-17-21)26-13-7-15-29-30(26)27-12-4-5-14-28(27)32(29)25-10-2-1-3-11-25/h1-20H. The molecule has 1 heterocycles. The van der Waals surface area contributed by atoms with Crippen molar-refractivity contribution in [2.45, 2.75) is 0 Å². The van der Waals surface area contributed by atoms with Crippen LogP contribution in [0.2, 0.25) is 5.02 Å². The molecule has 0 saturated carbocycles. The third-order valence-corrected chi connectivity index (χ3v) is 6.30. The number of nitrogens with zero attached hydrogens (tertiary/aromatic N) is 1. The Bertz CT molecular complexity index is 1560. The van der Waals surface area contributed by atoms with Crippen molar-refractivity contribution < 1.29 is 0 Å². The highest BCUT2D eigenvalue weighted by Crippen LogP contribution is 2.38. The molecule has 5 aromatic carbocycles. The number of para-hydroxylation sites is 2. The van der Waals surface area contributed by atoms with Crippen molar-refractivity contribution in [3.8, 4) is 27.9 Å². The summed E-state index contributed by atoms with van der Waals surface area (Å²) in [5.74, 6) is 0. The van der Waals surface area contributed by atoms with Crippen LogP contribution in [0.1, 0.15) is 0 Å². The number of hydrogen-bond acceptors (Lipinski definition) is 0. The van der Waals surface area contributed by atoms with Gasteiger partial charge in [-0.3, -0.25) is 0 Å². The van der Waals surface area contributed by atoms with E-state index in [1.54, 1.807) is 0 Å². The highest BCUT2D eigenvalue weighted by atomic mass is 35.5. The molecule has 0 saturated heterocycles. The van der Waals surface area contributed by atoms with Gasteiger partial charge in [0.25, 0.3) is 0 Å². The van der Waals surface area contributed by atoms with Gasteiger partial charge in [-0.15, -0.1) is 0 Å². The van der Waals surface area contributed by atoms with Gasteiger partial charge >= 0.3 is 0 Å². The Morgan fingerprint density at radius 2 is 1.19 bits per heavy atom. The molecule has 0 N–H and O–H groups in total. The quantitative estimate of drug-likeness (QED) is 0.265. The molecule has 152 valence electrons. The van der Waals surface area contributed by atoms with Crippen LogP contribution < -0.4 is 0 Å². The van der Waals surface area contributed by atoms with Gasteiger partial charge < -0.3 is 4.57 Å². The van der Waals surface area contributed by atoms with Gasteiger partial charge in [0, 0.05) is 21.5 Å². The van der Waals surface area contributed by atoms with Crippen molar-refractivity contribution in [3.05, 3.63) is 126 Å². The van der Waals surface area contributed by atoms with Crippen molar-refractivity contribution in [3.63, 3.8) is 0 Å². The second-order valence-corrected chi connectivity index (χ2v) is 8.41. The predicted molar refractivity (Wildman–Crippen MR) is 137 cm³/mol. The molecule has 1 nitrogen and oxygen atoms in total. The van der Waals surface area contributed by atoms with Crippen LogP contribution >= 0.6 is 11.6 Å². The van der Waals surface area contributed by atoms with Crippen molar-refractivity contribution in [1.82, 2.24) is 4.57 Å². The fraction of sp³-hybridized carbons (Fsp3) is 0. The molecule has 0 atom stereocenters. The molecule has 0 amide bonds. The normalized spacial score (nSPS) is 11.3. The minimum Gasteiger partial charge on any atom is -0.309 e. The highest BCUT2D eigenvalue weighted by Gasteiger charge is 2.15. The lowest BCUT2D eigenvalue weighted by molar-refractivity contribution is 1.18. The van der Waals surface area contributed by atoms with Gasteiger partial charge in [-0.25, -0.2) is 0 Å². The van der Waals surface area contributed by atoms with E-state index in [0.29, 0.717) is 0 Å². The van der Waals surface area contributed by atoms with Crippen molar-refractivity contribution in [2.24, 2.45) is 0 Å². The summed E-state index contributed by atoms with van der Waals surface area (Å²) in [6, 6.07) is 42.6. The van der Waals surface area contributed by atoms with Gasteiger partial charge in [0.15, 0.2) is 0 Å². The Kier molecular flexibility index (Phi) is 4.56. The molecular formula is C30H20ClN. The summed E-state index contributed by atoms with van der Waals surface area (Å²) in [7, 11) is 0. The average molecular weight is 430 g/mol. The second-order valence-electron chi connectivity index (χ2n) is 7.98. The van der Waals surface area contributed by atoms with Crippen LogP contribution in [0.4, 0.5) is 0 Å². The van der Waals surface area contributed by atoms with Gasteiger partial charge in [0.2, 0.25) is 0 Å². The Hall–Kier alpha value is -3.81. The lowest BCUT2D eigenvalue weighted by atomic mass is 9.97. The van der Waals surface area contributed by atoms with Crippen LogP contribution in [0.5, 0.6) is 0 Å². The zero-order valence-electron chi connectivity index (χ0n) is 17.4. The first-order valence-electron chi connectivity index (χ1n) is 10.7. The Labute approximate surface area is 192 Å². The third kappa shape index (κ3) is 3.10. The maximum absolute atomic E-state index is 6.19. The minimum absolute atomic E-state index is 0.755. The lowest BCUT2D eigenvalue weighted by Crippen LogP contribution is -1.92. The maximum atomic E-state index is 6.19. The van der Waals surface area contributed by atoms with Crippen LogP contribution in [-0.4, -0.2) is 4.57 Å². The first-order chi connectivity index (χ1) is 15.8. The molecule has 0 aliphatic carbocycles. The second kappa shape index (κ2) is 7.71. The molecule has 32 heavy (non-hydrogen) atoms. The van der Waals surface area contributed by atoms with E-state index in [1.165, 1.54) is 38.6 Å². The average Bonchev–Trinajstić information content (AvgIpc) is 3.19. The predicted octanol–water partition coefficient (Wildman–Crippen LogP) is 8.77. The van der Waals surface area contributed by atoms with Crippen LogP contribution in [0.15, 0.2) is 121 Å². The first kappa shape index (κ1) is 18.9. The topological polar surface area (TPSA) is 4.93 Å². The van der Waals surface area contributed by atoms with Gasteiger partial charge in [0.1, 0.15) is 0 Å². The van der Waals surface area contributed by atoms with E-state index in [1.807, 2.05) is 18.2 Å². The van der Waals surface area contributed by atoms with E-state index in [0.717, 1.165) is 16.1 Å². The molecule has 0 fully saturated rings. The van der Waals surface area contributed by atoms with Crippen molar-refractivity contribution >= 4 is 33.4 Å². The first-order valence-corrected chi connectivity index (χ1v) is 11.1. The van der Waals surface area contributed by atoms with Gasteiger partial charge in [-0.2, -0.15) is 0 Å². The van der Waals surface area contributed by atoms with Gasteiger partial charge in [0.05, 0.1) is 11.0 Å². The van der Waals surface area contributed by atoms with Crippen LogP contribution in [0.25, 0.3) is 49.7 Å². The largest absolute Gasteiger partial charge is 0.309 e. The Balaban J connectivity index is 1.57. The Morgan fingerprint density at radius 3 is 2.00 bits per heavy atom. The molecule has 0 radical (unpaired) electrons. The number of aromatic nitrogens is 1. The van der Waals surface area contributed by atoms with E-state index in [4.69, 9.17) is 11.6 Å². The summed E-state index contributed by atoms with van der Waals surface area (Å²) >= 11 is 6.19. The van der Waals surface area contributed by atoms with Crippen LogP contribution in [0.3, 0.4) is 0 Å². The van der Waals surface area contributed by atoms with E-state index in [-0.39, 0.29) is 0 Å². The molecule has 0 bridgehead atoms. The fourth-order valence-electron chi connectivity index (χ4n) is 4.63. The number of benzene rings is 5. The SMILES string of the molecule is Clc1cccc(-c2ccc(-c3cccc4c3c3ccccc3n4-c3ccccc3)cc2)c1. The molecule has 1 aromatic heterocycles. The molecule has 0 spiro atoms. The molecule has 0 aliphatic rings. The van der Waals surface area contributed by atoms with E-state index in [2.05, 4.69) is 108 Å². The summed E-state index contributed by atoms with van der Waals surface area (Å²) < 4.78 is 2.36. The summed E-state index contributed by atoms with van der Waals surface area (Å²) in [6.45, 7) is 0. The van der Waals surface area contributed by atoms with Gasteiger partial charge in [-0.05, 0) is 58.7 Å². The molecule has 0 unspecified atom stereocenters. The monoisotopic (exact) mass is 429 g/mol. The molecule has 2 heteroatoms. The summed E-state index contributed by atoms with van der Waals surface area (Å²) in [5, 5.41) is 3.30. The summed E-state index contributed by atoms with van der Waals surface area (Å²) in [5.41, 5.74) is 8.35. The number of fused-ring (bicyclic) bond motifs is 3.